The third-order valence-corrected chi connectivity index (χ3v) is 4.40. The van der Waals surface area contributed by atoms with E-state index in [0.29, 0.717) is 22.1 Å². The number of urea groups is 1. The van der Waals surface area contributed by atoms with Crippen LogP contribution < -0.4 is 16.4 Å². The average Bonchev–Trinajstić information content (AvgIpc) is 3.01. The minimum atomic E-state index is -0.347. The Morgan fingerprint density at radius 2 is 1.83 bits per heavy atom. The Balaban J connectivity index is 0.00000288. The summed E-state index contributed by atoms with van der Waals surface area (Å²) in [6.07, 6.45) is 0. The minimum absolute atomic E-state index is 0. The number of rotatable bonds is 5. The molecule has 0 aliphatic carbocycles. The zero-order valence-corrected chi connectivity index (χ0v) is 15.1. The van der Waals surface area contributed by atoms with Crippen LogP contribution in [0.1, 0.15) is 16.6 Å². The molecule has 0 fully saturated rings. The first kappa shape index (κ1) is 20.0. The van der Waals surface area contributed by atoms with Crippen LogP contribution in [0.25, 0.3) is 0 Å². The fourth-order valence-electron chi connectivity index (χ4n) is 1.85. The second kappa shape index (κ2) is 9.27. The predicted octanol–water partition coefficient (Wildman–Crippen LogP) is 3.23. The normalized spacial score (nSPS) is 11.1. The molecule has 1 atom stereocenters. The van der Waals surface area contributed by atoms with Gasteiger partial charge in [0.1, 0.15) is 0 Å². The first-order chi connectivity index (χ1) is 11.0. The highest BCUT2D eigenvalue weighted by atomic mass is 35.5. The van der Waals surface area contributed by atoms with E-state index in [4.69, 9.17) is 5.73 Å². The number of benzene rings is 1. The Morgan fingerprint density at radius 1 is 1.17 bits per heavy atom. The van der Waals surface area contributed by atoms with Crippen molar-refractivity contribution in [2.75, 3.05) is 24.2 Å². The molecule has 2 rings (SSSR count). The Hall–Kier alpha value is -2.09. The summed E-state index contributed by atoms with van der Waals surface area (Å²) in [6, 6.07) is 12.2. The minimum Gasteiger partial charge on any atom is -0.337 e. The number of likely N-dealkylation sites (N-methyl/N-ethyl adjacent to an activating group) is 1. The Bertz CT molecular complexity index is 678. The molecule has 0 saturated carbocycles. The van der Waals surface area contributed by atoms with Gasteiger partial charge >= 0.3 is 6.03 Å². The molecule has 2 aromatic rings. The number of nitrogens with one attached hydrogen (secondary N) is 2. The van der Waals surface area contributed by atoms with E-state index in [1.165, 1.54) is 11.3 Å². The van der Waals surface area contributed by atoms with Crippen LogP contribution in [0, 0.1) is 0 Å². The van der Waals surface area contributed by atoms with Crippen LogP contribution in [0.4, 0.5) is 15.5 Å². The topological polar surface area (TPSA) is 87.5 Å². The fourth-order valence-corrected chi connectivity index (χ4v) is 2.73. The summed E-state index contributed by atoms with van der Waals surface area (Å²) in [6.45, 7) is 2.29. The van der Waals surface area contributed by atoms with Crippen molar-refractivity contribution in [3.05, 3.63) is 47.3 Å². The summed E-state index contributed by atoms with van der Waals surface area (Å²) >= 11 is 1.23. The third-order valence-electron chi connectivity index (χ3n) is 3.41. The number of hydrogen-bond acceptors (Lipinski definition) is 4. The molecule has 1 heterocycles. The second-order valence-electron chi connectivity index (χ2n) is 5.11. The maximum absolute atomic E-state index is 12.3. The number of nitrogens with zero attached hydrogens (tertiary/aromatic N) is 1. The average molecular weight is 369 g/mol. The van der Waals surface area contributed by atoms with Crippen LogP contribution in [-0.4, -0.2) is 36.5 Å². The molecule has 6 nitrogen and oxygen atoms in total. The maximum Gasteiger partial charge on any atom is 0.324 e. The van der Waals surface area contributed by atoms with E-state index in [1.54, 1.807) is 36.2 Å². The van der Waals surface area contributed by atoms with Gasteiger partial charge < -0.3 is 16.0 Å². The van der Waals surface area contributed by atoms with Gasteiger partial charge in [-0.2, -0.15) is 0 Å². The lowest BCUT2D eigenvalue weighted by atomic mass is 10.3. The molecule has 4 N–H and O–H groups in total. The molecule has 3 amide bonds. The van der Waals surface area contributed by atoms with E-state index in [1.807, 2.05) is 25.1 Å². The summed E-state index contributed by atoms with van der Waals surface area (Å²) in [5.41, 5.74) is 6.28. The third kappa shape index (κ3) is 5.23. The summed E-state index contributed by atoms with van der Waals surface area (Å²) in [5.74, 6) is -0.107. The second-order valence-corrected chi connectivity index (χ2v) is 6.19. The summed E-state index contributed by atoms with van der Waals surface area (Å²) in [5, 5.41) is 6.05. The number of hydrogen-bond donors (Lipinski definition) is 3. The van der Waals surface area contributed by atoms with Crippen LogP contribution in [-0.2, 0) is 0 Å². The number of thiophene rings is 1. The molecule has 0 saturated heterocycles. The number of carbonyl (C=O) groups is 2. The van der Waals surface area contributed by atoms with E-state index in [-0.39, 0.29) is 30.4 Å². The highest BCUT2D eigenvalue weighted by molar-refractivity contribution is 7.18. The van der Waals surface area contributed by atoms with Gasteiger partial charge in [-0.15, -0.1) is 23.7 Å². The van der Waals surface area contributed by atoms with Crippen molar-refractivity contribution in [2.24, 2.45) is 5.73 Å². The SMILES string of the molecule is CC(CN)N(C)C(=O)c1ccc(NC(=O)Nc2ccccc2)s1.Cl. The standard InChI is InChI=1S/C16H20N4O2S.ClH/c1-11(10-17)20(2)15(21)13-8-9-14(23-13)19-16(22)18-12-6-4-3-5-7-12;/h3-9,11H,10,17H2,1-2H3,(H2,18,19,22);1H. The van der Waals surface area contributed by atoms with Gasteiger partial charge in [0.2, 0.25) is 0 Å². The largest absolute Gasteiger partial charge is 0.337 e. The van der Waals surface area contributed by atoms with E-state index >= 15 is 0 Å². The molecule has 1 unspecified atom stereocenters. The van der Waals surface area contributed by atoms with Crippen molar-refractivity contribution in [3.8, 4) is 0 Å². The Labute approximate surface area is 151 Å². The summed E-state index contributed by atoms with van der Waals surface area (Å²) in [4.78, 5) is 26.4. The molecule has 0 radical (unpaired) electrons. The van der Waals surface area contributed by atoms with Gasteiger partial charge in [-0.05, 0) is 31.2 Å². The molecule has 24 heavy (non-hydrogen) atoms. The quantitative estimate of drug-likeness (QED) is 0.757. The van der Waals surface area contributed by atoms with Crippen molar-refractivity contribution in [3.63, 3.8) is 0 Å². The number of anilines is 2. The zero-order valence-electron chi connectivity index (χ0n) is 13.5. The summed E-state index contributed by atoms with van der Waals surface area (Å²) in [7, 11) is 1.72. The zero-order chi connectivity index (χ0) is 16.8. The first-order valence-corrected chi connectivity index (χ1v) is 8.03. The van der Waals surface area contributed by atoms with Crippen molar-refractivity contribution >= 4 is 46.4 Å². The van der Waals surface area contributed by atoms with Crippen molar-refractivity contribution < 1.29 is 9.59 Å². The number of para-hydroxylation sites is 1. The highest BCUT2D eigenvalue weighted by Gasteiger charge is 2.18. The fraction of sp³-hybridized carbons (Fsp3) is 0.250. The van der Waals surface area contributed by atoms with Gasteiger partial charge in [-0.25, -0.2) is 4.79 Å². The van der Waals surface area contributed by atoms with Gasteiger partial charge in [0.15, 0.2) is 0 Å². The van der Waals surface area contributed by atoms with Crippen molar-refractivity contribution in [2.45, 2.75) is 13.0 Å². The van der Waals surface area contributed by atoms with E-state index in [2.05, 4.69) is 10.6 Å². The molecular formula is C16H21ClN4O2S. The van der Waals surface area contributed by atoms with Crippen LogP contribution in [0.2, 0.25) is 0 Å². The van der Waals surface area contributed by atoms with Gasteiger partial charge in [0, 0.05) is 25.3 Å². The van der Waals surface area contributed by atoms with Gasteiger partial charge in [0.25, 0.3) is 5.91 Å². The van der Waals surface area contributed by atoms with Gasteiger partial charge in [-0.3, -0.25) is 10.1 Å². The van der Waals surface area contributed by atoms with Gasteiger partial charge in [-0.1, -0.05) is 18.2 Å². The number of amides is 3. The van der Waals surface area contributed by atoms with Gasteiger partial charge in [0.05, 0.1) is 9.88 Å². The lowest BCUT2D eigenvalue weighted by Gasteiger charge is -2.22. The molecule has 0 spiro atoms. The molecule has 0 bridgehead atoms. The summed E-state index contributed by atoms with van der Waals surface area (Å²) < 4.78 is 0. The number of carbonyl (C=O) groups excluding carboxylic acids is 2. The first-order valence-electron chi connectivity index (χ1n) is 7.21. The molecule has 0 aliphatic rings. The highest BCUT2D eigenvalue weighted by Crippen LogP contribution is 2.23. The smallest absolute Gasteiger partial charge is 0.324 e. The molecule has 130 valence electrons. The van der Waals surface area contributed by atoms with E-state index < -0.39 is 0 Å². The molecule has 8 heteroatoms. The maximum atomic E-state index is 12.3. The van der Waals surface area contributed by atoms with Crippen molar-refractivity contribution in [1.82, 2.24) is 4.90 Å². The van der Waals surface area contributed by atoms with Crippen LogP contribution in [0.3, 0.4) is 0 Å². The predicted molar refractivity (Wildman–Crippen MR) is 101 cm³/mol. The Morgan fingerprint density at radius 3 is 2.46 bits per heavy atom. The molecule has 1 aromatic heterocycles. The van der Waals surface area contributed by atoms with Crippen molar-refractivity contribution in [1.29, 1.82) is 0 Å². The van der Waals surface area contributed by atoms with Crippen LogP contribution >= 0.6 is 23.7 Å². The van der Waals surface area contributed by atoms with Crippen LogP contribution in [0.5, 0.6) is 0 Å². The number of nitrogens with two attached hydrogens (primary N) is 1. The van der Waals surface area contributed by atoms with E-state index in [9.17, 15) is 9.59 Å². The molecule has 0 aliphatic heterocycles. The molecular weight excluding hydrogens is 348 g/mol. The molecule has 1 aromatic carbocycles. The number of halogens is 1. The van der Waals surface area contributed by atoms with Crippen LogP contribution in [0.15, 0.2) is 42.5 Å². The lowest BCUT2D eigenvalue weighted by Crippen LogP contribution is -2.39. The lowest BCUT2D eigenvalue weighted by molar-refractivity contribution is 0.0753. The monoisotopic (exact) mass is 368 g/mol. The Kier molecular flexibility index (Phi) is 7.70. The van der Waals surface area contributed by atoms with E-state index in [0.717, 1.165) is 0 Å².